The van der Waals surface area contributed by atoms with Crippen molar-refractivity contribution in [2.24, 2.45) is 7.05 Å². The van der Waals surface area contributed by atoms with Gasteiger partial charge in [-0.25, -0.2) is 0 Å². The number of amides is 1. The van der Waals surface area contributed by atoms with Crippen LogP contribution >= 0.6 is 0 Å². The molecule has 1 amide bonds. The predicted molar refractivity (Wildman–Crippen MR) is 74.0 cm³/mol. The van der Waals surface area contributed by atoms with E-state index in [1.165, 1.54) is 6.20 Å². The zero-order chi connectivity index (χ0) is 14.7. The minimum absolute atomic E-state index is 0.271. The summed E-state index contributed by atoms with van der Waals surface area (Å²) in [6, 6.07) is 1.52. The summed E-state index contributed by atoms with van der Waals surface area (Å²) in [6.07, 6.45) is 3.31. The maximum Gasteiger partial charge on any atom is 0.255 e. The van der Waals surface area contributed by atoms with E-state index >= 15 is 0 Å². The Labute approximate surface area is 117 Å². The number of carbonyl (C=O) groups excluding carboxylic acids is 1. The Morgan fingerprint density at radius 1 is 1.60 bits per heavy atom. The zero-order valence-corrected chi connectivity index (χ0v) is 11.8. The molecule has 0 aliphatic heterocycles. The number of H-pyrrole nitrogens is 1. The third-order valence-electron chi connectivity index (χ3n) is 3.19. The van der Waals surface area contributed by atoms with Crippen LogP contribution in [0, 0.1) is 0 Å². The Kier molecular flexibility index (Phi) is 4.19. The van der Waals surface area contributed by atoms with Gasteiger partial charge in [-0.15, -0.1) is 0 Å². The number of rotatable bonds is 5. The number of nitrogens with one attached hydrogen (secondary N) is 2. The van der Waals surface area contributed by atoms with Gasteiger partial charge in [0.15, 0.2) is 0 Å². The van der Waals surface area contributed by atoms with Crippen molar-refractivity contribution in [2.75, 3.05) is 0 Å². The lowest BCUT2D eigenvalue weighted by atomic mass is 10.1. The molecule has 0 aliphatic rings. The molecular weight excluding hydrogens is 258 g/mol. The van der Waals surface area contributed by atoms with Crippen LogP contribution in [0.3, 0.4) is 0 Å². The van der Waals surface area contributed by atoms with Crippen LogP contribution < -0.4 is 5.32 Å². The summed E-state index contributed by atoms with van der Waals surface area (Å²) in [4.78, 5) is 12.3. The van der Waals surface area contributed by atoms with Crippen LogP contribution in [0.15, 0.2) is 18.5 Å². The monoisotopic (exact) mass is 277 g/mol. The second-order valence-electron chi connectivity index (χ2n) is 4.76. The summed E-state index contributed by atoms with van der Waals surface area (Å²) in [5.74, 6) is -0.271. The van der Waals surface area contributed by atoms with E-state index in [1.54, 1.807) is 30.9 Å². The van der Waals surface area contributed by atoms with Gasteiger partial charge in [0.05, 0.1) is 29.6 Å². The fourth-order valence-corrected chi connectivity index (χ4v) is 2.01. The number of aromatic nitrogens is 4. The minimum atomic E-state index is -0.603. The molecule has 0 aromatic carbocycles. The van der Waals surface area contributed by atoms with Gasteiger partial charge in [-0.1, -0.05) is 6.92 Å². The molecule has 20 heavy (non-hydrogen) atoms. The Bertz CT molecular complexity index is 587. The normalized spacial score (nSPS) is 14.0. The quantitative estimate of drug-likeness (QED) is 0.749. The summed E-state index contributed by atoms with van der Waals surface area (Å²) in [5, 5.41) is 23.3. The molecule has 0 saturated heterocycles. The SMILES string of the molecule is CCC(NC(=O)c1cn[nH]c1-c1ccn(C)n1)C(C)O. The molecule has 0 aliphatic carbocycles. The molecule has 108 valence electrons. The number of aliphatic hydroxyl groups is 1. The number of aromatic amines is 1. The molecule has 0 radical (unpaired) electrons. The van der Waals surface area contributed by atoms with Crippen LogP contribution in [-0.2, 0) is 7.05 Å². The van der Waals surface area contributed by atoms with Crippen LogP contribution in [0.25, 0.3) is 11.4 Å². The van der Waals surface area contributed by atoms with Crippen molar-refractivity contribution < 1.29 is 9.90 Å². The van der Waals surface area contributed by atoms with Gasteiger partial charge >= 0.3 is 0 Å². The first-order chi connectivity index (χ1) is 9.52. The fraction of sp³-hybridized carbons (Fsp3) is 0.462. The lowest BCUT2D eigenvalue weighted by Crippen LogP contribution is -2.41. The number of carbonyl (C=O) groups is 1. The van der Waals surface area contributed by atoms with Gasteiger partial charge in [0, 0.05) is 13.2 Å². The maximum absolute atomic E-state index is 12.3. The van der Waals surface area contributed by atoms with Crippen molar-refractivity contribution in [1.29, 1.82) is 0 Å². The highest BCUT2D eigenvalue weighted by molar-refractivity contribution is 5.99. The second-order valence-corrected chi connectivity index (χ2v) is 4.76. The van der Waals surface area contributed by atoms with Gasteiger partial charge in [0.2, 0.25) is 0 Å². The molecule has 2 aromatic rings. The molecule has 7 heteroatoms. The molecule has 0 saturated carbocycles. The summed E-state index contributed by atoms with van der Waals surface area (Å²) in [7, 11) is 1.81. The van der Waals surface area contributed by atoms with Crippen molar-refractivity contribution in [1.82, 2.24) is 25.3 Å². The van der Waals surface area contributed by atoms with Crippen molar-refractivity contribution in [3.8, 4) is 11.4 Å². The third kappa shape index (κ3) is 2.88. The Morgan fingerprint density at radius 3 is 2.90 bits per heavy atom. The van der Waals surface area contributed by atoms with E-state index in [-0.39, 0.29) is 11.9 Å². The van der Waals surface area contributed by atoms with Crippen molar-refractivity contribution >= 4 is 5.91 Å². The van der Waals surface area contributed by atoms with E-state index in [2.05, 4.69) is 20.6 Å². The fourth-order valence-electron chi connectivity index (χ4n) is 2.01. The molecule has 0 fully saturated rings. The molecule has 2 aromatic heterocycles. The number of aliphatic hydroxyl groups excluding tert-OH is 1. The van der Waals surface area contributed by atoms with Gasteiger partial charge in [0.25, 0.3) is 5.91 Å². The van der Waals surface area contributed by atoms with Crippen molar-refractivity contribution in [3.63, 3.8) is 0 Å². The number of aryl methyl sites for hydroxylation is 1. The Hall–Kier alpha value is -2.15. The highest BCUT2D eigenvalue weighted by Crippen LogP contribution is 2.19. The van der Waals surface area contributed by atoms with Crippen LogP contribution in [-0.4, -0.2) is 43.1 Å². The number of hydrogen-bond acceptors (Lipinski definition) is 4. The largest absolute Gasteiger partial charge is 0.391 e. The number of nitrogens with zero attached hydrogens (tertiary/aromatic N) is 3. The summed E-state index contributed by atoms with van der Waals surface area (Å²) in [5.41, 5.74) is 1.64. The molecule has 0 bridgehead atoms. The average Bonchev–Trinajstić information content (AvgIpc) is 3.03. The lowest BCUT2D eigenvalue weighted by Gasteiger charge is -2.19. The molecule has 2 heterocycles. The van der Waals surface area contributed by atoms with Crippen LogP contribution in [0.2, 0.25) is 0 Å². The Balaban J connectivity index is 2.21. The zero-order valence-electron chi connectivity index (χ0n) is 11.8. The lowest BCUT2D eigenvalue weighted by molar-refractivity contribution is 0.0855. The Morgan fingerprint density at radius 2 is 2.35 bits per heavy atom. The van der Waals surface area contributed by atoms with E-state index in [9.17, 15) is 9.90 Å². The predicted octanol–water partition coefficient (Wildman–Crippen LogP) is 0.699. The van der Waals surface area contributed by atoms with E-state index in [1.807, 2.05) is 6.92 Å². The molecule has 2 unspecified atom stereocenters. The molecule has 2 atom stereocenters. The molecular formula is C13H19N5O2. The van der Waals surface area contributed by atoms with Gasteiger partial charge < -0.3 is 10.4 Å². The molecule has 0 spiro atoms. The first-order valence-electron chi connectivity index (χ1n) is 6.55. The van der Waals surface area contributed by atoms with Gasteiger partial charge in [-0.2, -0.15) is 10.2 Å². The topological polar surface area (TPSA) is 95.8 Å². The van der Waals surface area contributed by atoms with E-state index < -0.39 is 6.10 Å². The highest BCUT2D eigenvalue weighted by atomic mass is 16.3. The van der Waals surface area contributed by atoms with Crippen molar-refractivity contribution in [2.45, 2.75) is 32.4 Å². The first kappa shape index (κ1) is 14.3. The summed E-state index contributed by atoms with van der Waals surface area (Å²) >= 11 is 0. The van der Waals surface area contributed by atoms with Gasteiger partial charge in [-0.3, -0.25) is 14.6 Å². The maximum atomic E-state index is 12.3. The van der Waals surface area contributed by atoms with Gasteiger partial charge in [-0.05, 0) is 19.4 Å². The molecule has 7 nitrogen and oxygen atoms in total. The minimum Gasteiger partial charge on any atom is -0.391 e. The average molecular weight is 277 g/mol. The standard InChI is InChI=1S/C13H19N5O2/c1-4-10(8(2)19)15-13(20)9-7-14-16-12(9)11-5-6-18(3)17-11/h5-8,10,19H,4H2,1-3H3,(H,14,16)(H,15,20). The highest BCUT2D eigenvalue weighted by Gasteiger charge is 2.21. The second kappa shape index (κ2) is 5.87. The summed E-state index contributed by atoms with van der Waals surface area (Å²) in [6.45, 7) is 3.57. The van der Waals surface area contributed by atoms with E-state index in [0.29, 0.717) is 23.4 Å². The number of hydrogen-bond donors (Lipinski definition) is 3. The van der Waals surface area contributed by atoms with Crippen LogP contribution in [0.5, 0.6) is 0 Å². The molecule has 2 rings (SSSR count). The summed E-state index contributed by atoms with van der Waals surface area (Å²) < 4.78 is 1.66. The molecule has 3 N–H and O–H groups in total. The third-order valence-corrected chi connectivity index (χ3v) is 3.19. The first-order valence-corrected chi connectivity index (χ1v) is 6.55. The smallest absolute Gasteiger partial charge is 0.255 e. The van der Waals surface area contributed by atoms with E-state index in [0.717, 1.165) is 0 Å². The van der Waals surface area contributed by atoms with Crippen molar-refractivity contribution in [3.05, 3.63) is 24.0 Å². The van der Waals surface area contributed by atoms with Crippen LogP contribution in [0.4, 0.5) is 0 Å². The van der Waals surface area contributed by atoms with Crippen LogP contribution in [0.1, 0.15) is 30.6 Å². The van der Waals surface area contributed by atoms with E-state index in [4.69, 9.17) is 0 Å². The van der Waals surface area contributed by atoms with Gasteiger partial charge in [0.1, 0.15) is 5.69 Å².